The Hall–Kier alpha value is -3.21. The number of allylic oxidation sites excluding steroid dienone is 1. The molecule has 2 saturated heterocycles. The van der Waals surface area contributed by atoms with Crippen molar-refractivity contribution in [1.82, 2.24) is 15.1 Å². The molecule has 0 saturated carbocycles. The molecular formula is C29H45N3O7Si. The molecule has 2 aliphatic heterocycles. The van der Waals surface area contributed by atoms with Crippen molar-refractivity contribution >= 4 is 38.2 Å². The molecule has 0 unspecified atom stereocenters. The Morgan fingerprint density at radius 2 is 1.77 bits per heavy atom. The summed E-state index contributed by atoms with van der Waals surface area (Å²) >= 11 is 0. The topological polar surface area (TPSA) is 122 Å². The molecule has 2 rings (SSSR count). The van der Waals surface area contributed by atoms with Gasteiger partial charge in [-0.15, -0.1) is 0 Å². The van der Waals surface area contributed by atoms with Gasteiger partial charge in [-0.05, 0) is 24.0 Å². The van der Waals surface area contributed by atoms with Crippen LogP contribution in [0.4, 0.5) is 9.59 Å². The molecular weight excluding hydrogens is 530 g/mol. The predicted molar refractivity (Wildman–Crippen MR) is 156 cm³/mol. The van der Waals surface area contributed by atoms with E-state index in [1.807, 2.05) is 0 Å². The molecule has 5 atom stereocenters. The number of ketones is 1. The van der Waals surface area contributed by atoms with E-state index in [-0.39, 0.29) is 48.9 Å². The number of hydrogen-bond donors (Lipinski definition) is 1. The number of aldehydes is 1. The molecule has 222 valence electrons. The van der Waals surface area contributed by atoms with E-state index in [1.54, 1.807) is 20.0 Å². The maximum atomic E-state index is 13.3. The number of carbonyl (C=O) groups excluding carboxylic acids is 5. The third-order valence-corrected chi connectivity index (χ3v) is 14.7. The van der Waals surface area contributed by atoms with Crippen molar-refractivity contribution in [1.29, 1.82) is 0 Å². The Morgan fingerprint density at radius 3 is 2.30 bits per heavy atom. The van der Waals surface area contributed by atoms with E-state index in [0.29, 0.717) is 12.0 Å². The first kappa shape index (κ1) is 33.0. The maximum absolute atomic E-state index is 13.3. The van der Waals surface area contributed by atoms with Gasteiger partial charge in [-0.2, -0.15) is 0 Å². The number of Topliss-reactive ketones (excluding diaryl/α,β-unsaturated/α-hetero) is 1. The number of likely N-dealkylation sites (N-methyl/N-ethyl adjacent to an activating group) is 1. The highest BCUT2D eigenvalue weighted by molar-refractivity contribution is 6.84. The minimum Gasteiger partial charge on any atom is -0.445 e. The van der Waals surface area contributed by atoms with Crippen LogP contribution in [0.2, 0.25) is 23.7 Å². The smallest absolute Gasteiger partial charge is 0.410 e. The normalized spacial score (nSPS) is 23.8. The number of nitrogens with zero attached hydrogens (tertiary/aromatic N) is 2. The number of β-lactam (4-membered cyclic amide) rings is 1. The summed E-state index contributed by atoms with van der Waals surface area (Å²) in [5, 5.41) is 2.72. The van der Waals surface area contributed by atoms with Gasteiger partial charge in [0.1, 0.15) is 19.5 Å². The Balaban J connectivity index is 2.21. The van der Waals surface area contributed by atoms with Crippen LogP contribution in [-0.4, -0.2) is 93.0 Å². The molecule has 2 aliphatic rings. The van der Waals surface area contributed by atoms with Gasteiger partial charge in [0.15, 0.2) is 5.78 Å². The third kappa shape index (κ3) is 7.29. The second-order valence-corrected chi connectivity index (χ2v) is 17.8. The zero-order chi connectivity index (χ0) is 30.4. The lowest BCUT2D eigenvalue weighted by Gasteiger charge is -2.49. The van der Waals surface area contributed by atoms with Crippen LogP contribution >= 0.6 is 0 Å². The number of carbonyl (C=O) groups is 5. The van der Waals surface area contributed by atoms with Crippen molar-refractivity contribution in [2.45, 2.75) is 82.3 Å². The lowest BCUT2D eigenvalue weighted by molar-refractivity contribution is -0.138. The summed E-state index contributed by atoms with van der Waals surface area (Å²) < 4.78 is 10.4. The molecule has 2 heterocycles. The number of likely N-dealkylation sites (tertiary alicyclic amines) is 1. The fourth-order valence-electron chi connectivity index (χ4n) is 5.08. The van der Waals surface area contributed by atoms with Crippen LogP contribution in [-0.2, 0) is 23.9 Å². The minimum absolute atomic E-state index is 0.0282. The number of rotatable bonds is 12. The summed E-state index contributed by atoms with van der Waals surface area (Å²) in [4.78, 5) is 66.2. The fourth-order valence-corrected chi connectivity index (χ4v) is 7.70. The van der Waals surface area contributed by atoms with Gasteiger partial charge < -0.3 is 24.5 Å². The quantitative estimate of drug-likeness (QED) is 0.122. The molecule has 1 N–H and O–H groups in total. The lowest BCUT2D eigenvalue weighted by atomic mass is 9.83. The summed E-state index contributed by atoms with van der Waals surface area (Å²) in [5.74, 6) is -0.911. The summed E-state index contributed by atoms with van der Waals surface area (Å²) in [7, 11) is -0.600. The number of amides is 3. The zero-order valence-corrected chi connectivity index (χ0v) is 25.9. The molecule has 11 heteroatoms. The monoisotopic (exact) mass is 575 g/mol. The molecule has 3 amide bonds. The maximum Gasteiger partial charge on any atom is 0.410 e. The molecule has 0 aromatic rings. The summed E-state index contributed by atoms with van der Waals surface area (Å²) in [6.45, 7) is 19.6. The van der Waals surface area contributed by atoms with E-state index >= 15 is 0 Å². The van der Waals surface area contributed by atoms with E-state index in [9.17, 15) is 24.0 Å². The van der Waals surface area contributed by atoms with Crippen LogP contribution in [0.15, 0.2) is 37.0 Å². The van der Waals surface area contributed by atoms with Gasteiger partial charge in [0.05, 0.1) is 26.1 Å². The van der Waals surface area contributed by atoms with Crippen LogP contribution in [0.3, 0.4) is 0 Å². The first-order valence-electron chi connectivity index (χ1n) is 13.6. The van der Waals surface area contributed by atoms with E-state index in [0.717, 1.165) is 6.29 Å². The van der Waals surface area contributed by atoms with Gasteiger partial charge in [-0.1, -0.05) is 65.3 Å². The van der Waals surface area contributed by atoms with Gasteiger partial charge in [-0.25, -0.2) is 9.59 Å². The van der Waals surface area contributed by atoms with Crippen molar-refractivity contribution in [2.75, 3.05) is 26.8 Å². The Kier molecular flexibility index (Phi) is 11.1. The average Bonchev–Trinajstić information content (AvgIpc) is 3.30. The average molecular weight is 576 g/mol. The van der Waals surface area contributed by atoms with Crippen LogP contribution in [0, 0.1) is 5.92 Å². The zero-order valence-electron chi connectivity index (χ0n) is 24.9. The Bertz CT molecular complexity index is 1050. The van der Waals surface area contributed by atoms with Crippen LogP contribution < -0.4 is 5.32 Å². The molecule has 0 radical (unpaired) electrons. The highest BCUT2D eigenvalue weighted by Gasteiger charge is 2.54. The van der Waals surface area contributed by atoms with Gasteiger partial charge in [-0.3, -0.25) is 14.5 Å². The van der Waals surface area contributed by atoms with E-state index in [2.05, 4.69) is 52.3 Å². The summed E-state index contributed by atoms with van der Waals surface area (Å²) in [5.41, 5.74) is 0.0179. The second kappa shape index (κ2) is 13.4. The third-order valence-electron chi connectivity index (χ3n) is 8.69. The van der Waals surface area contributed by atoms with Gasteiger partial charge >= 0.3 is 12.2 Å². The Labute approximate surface area is 238 Å². The minimum atomic E-state index is -2.20. The van der Waals surface area contributed by atoms with Crippen molar-refractivity contribution < 1.29 is 33.4 Å². The van der Waals surface area contributed by atoms with Gasteiger partial charge in [0.25, 0.3) is 0 Å². The number of nitrogens with one attached hydrogen (secondary N) is 1. The highest BCUT2D eigenvalue weighted by Crippen LogP contribution is 2.48. The van der Waals surface area contributed by atoms with Crippen LogP contribution in [0.5, 0.6) is 0 Å². The Morgan fingerprint density at radius 1 is 1.18 bits per heavy atom. The first-order valence-corrected chi connectivity index (χ1v) is 16.7. The number of ether oxygens (including phenoxy) is 2. The van der Waals surface area contributed by atoms with Crippen LogP contribution in [0.25, 0.3) is 0 Å². The summed E-state index contributed by atoms with van der Waals surface area (Å²) in [6.07, 6.45) is 4.87. The molecule has 10 nitrogen and oxygen atoms in total. The summed E-state index contributed by atoms with van der Waals surface area (Å²) in [6, 6.07) is -1.28. The van der Waals surface area contributed by atoms with Gasteiger partial charge in [0.2, 0.25) is 5.91 Å². The fraction of sp³-hybridized carbons (Fsp3) is 0.621. The van der Waals surface area contributed by atoms with E-state index in [1.165, 1.54) is 22.0 Å². The first-order chi connectivity index (χ1) is 18.6. The molecule has 0 aliphatic carbocycles. The molecule has 0 bridgehead atoms. The largest absolute Gasteiger partial charge is 0.445 e. The van der Waals surface area contributed by atoms with E-state index in [4.69, 9.17) is 9.47 Å². The number of hydrogen-bond acceptors (Lipinski definition) is 7. The molecule has 0 spiro atoms. The molecule has 40 heavy (non-hydrogen) atoms. The standard InChI is InChI=1S/C29H45N3O7Si/c1-10-12-38-27(36)31(7)21-15-20(32(17-21)28(37)39-13-11-2)14-19(3)23(34)16-22-25(26(35)30-22)24(18-33)40(8,9)29(4,5)6/h10-11,14,18,20-22,24-25H,1-2,12-13,15-17H2,3-9H3,(H,30,35)/t20-,21+,22-,24+,25-/m1/s1. The second-order valence-electron chi connectivity index (χ2n) is 12.2. The molecule has 0 aromatic carbocycles. The molecule has 0 aromatic heterocycles. The van der Waals surface area contributed by atoms with Crippen molar-refractivity contribution in [2.24, 2.45) is 5.92 Å². The SMILES string of the molecule is C=CCOC(=O)N(C)[C@H]1C[C@@H](C=C(C)C(=O)C[C@H]2NC(=O)[C@H]2[C@H](C=O)[Si](C)(C)C(C)(C)C)N(C(=O)OCC=C)C1. The lowest BCUT2D eigenvalue weighted by Crippen LogP contribution is -2.64. The molecule has 2 fully saturated rings. The highest BCUT2D eigenvalue weighted by atomic mass is 28.3. The van der Waals surface area contributed by atoms with E-state index < -0.39 is 43.8 Å². The van der Waals surface area contributed by atoms with Gasteiger partial charge in [0, 0.05) is 31.6 Å². The van der Waals surface area contributed by atoms with Crippen LogP contribution in [0.1, 0.15) is 40.5 Å². The van der Waals surface area contributed by atoms with Crippen molar-refractivity contribution in [3.63, 3.8) is 0 Å². The van der Waals surface area contributed by atoms with Crippen molar-refractivity contribution in [3.8, 4) is 0 Å². The predicted octanol–water partition coefficient (Wildman–Crippen LogP) is 4.10. The van der Waals surface area contributed by atoms with Crippen molar-refractivity contribution in [3.05, 3.63) is 37.0 Å².